The summed E-state index contributed by atoms with van der Waals surface area (Å²) in [5, 5.41) is 3.29. The third-order valence-electron chi connectivity index (χ3n) is 4.01. The van der Waals surface area contributed by atoms with Crippen LogP contribution in [0.2, 0.25) is 0 Å². The summed E-state index contributed by atoms with van der Waals surface area (Å²) in [5.74, 6) is 3.75. The summed E-state index contributed by atoms with van der Waals surface area (Å²) in [7, 11) is 1.61. The molecule has 5 nitrogen and oxygen atoms in total. The van der Waals surface area contributed by atoms with E-state index in [0.717, 1.165) is 34.5 Å². The maximum atomic E-state index is 5.46. The van der Waals surface area contributed by atoms with Crippen LogP contribution < -0.4 is 14.8 Å². The summed E-state index contributed by atoms with van der Waals surface area (Å²) >= 11 is 5.45. The number of nitrogens with one attached hydrogen (secondary N) is 1. The molecule has 0 aliphatic rings. The van der Waals surface area contributed by atoms with Crippen molar-refractivity contribution in [1.29, 1.82) is 0 Å². The van der Waals surface area contributed by atoms with Crippen molar-refractivity contribution in [2.75, 3.05) is 13.7 Å². The van der Waals surface area contributed by atoms with E-state index in [4.69, 9.17) is 39.3 Å². The standard InChI is InChI=1S/C23H23NO3S.H2O/c1-4-14-27-21-12-10-18(15-22(21)25-3)11-13-23(28)24-16-19-6-8-20(9-7-19)17-26-5-2;/h1-2,6-10,12,15H,11,13-14,16-17H2,3H3,(H,24,28);1H2. The molecule has 0 aromatic heterocycles. The molecule has 0 saturated carbocycles. The van der Waals surface area contributed by atoms with E-state index in [1.807, 2.05) is 42.5 Å². The van der Waals surface area contributed by atoms with Crippen LogP contribution in [0.15, 0.2) is 42.5 Å². The predicted octanol–water partition coefficient (Wildman–Crippen LogP) is 3.04. The minimum absolute atomic E-state index is 0. The molecule has 0 unspecified atom stereocenters. The van der Waals surface area contributed by atoms with E-state index in [1.165, 1.54) is 0 Å². The Morgan fingerprint density at radius 3 is 2.38 bits per heavy atom. The first-order valence-corrected chi connectivity index (χ1v) is 9.22. The lowest BCUT2D eigenvalue weighted by Gasteiger charge is -2.12. The molecule has 0 aliphatic carbocycles. The summed E-state index contributed by atoms with van der Waals surface area (Å²) in [6, 6.07) is 13.9. The molecule has 0 spiro atoms. The zero-order chi connectivity index (χ0) is 20.2. The molecule has 152 valence electrons. The van der Waals surface area contributed by atoms with Gasteiger partial charge < -0.3 is 25.0 Å². The zero-order valence-electron chi connectivity index (χ0n) is 16.4. The summed E-state index contributed by atoms with van der Waals surface area (Å²) in [5.41, 5.74) is 3.29. The highest BCUT2D eigenvalue weighted by atomic mass is 32.1. The lowest BCUT2D eigenvalue weighted by Crippen LogP contribution is -2.21. The molecular formula is C23H25NO4S. The zero-order valence-corrected chi connectivity index (χ0v) is 17.2. The van der Waals surface area contributed by atoms with Crippen molar-refractivity contribution in [2.45, 2.75) is 26.0 Å². The van der Waals surface area contributed by atoms with Gasteiger partial charge in [-0.05, 0) is 35.2 Å². The summed E-state index contributed by atoms with van der Waals surface area (Å²) in [4.78, 5) is 0.811. The predicted molar refractivity (Wildman–Crippen MR) is 119 cm³/mol. The molecule has 0 aliphatic heterocycles. The van der Waals surface area contributed by atoms with Crippen LogP contribution in [0.5, 0.6) is 11.5 Å². The maximum Gasteiger partial charge on any atom is 0.162 e. The van der Waals surface area contributed by atoms with Gasteiger partial charge in [0.1, 0.15) is 19.3 Å². The fraction of sp³-hybridized carbons (Fsp3) is 0.261. The van der Waals surface area contributed by atoms with Crippen molar-refractivity contribution in [3.05, 3.63) is 59.2 Å². The van der Waals surface area contributed by atoms with Crippen LogP contribution in [-0.4, -0.2) is 24.2 Å². The molecule has 3 N–H and O–H groups in total. The monoisotopic (exact) mass is 411 g/mol. The minimum Gasteiger partial charge on any atom is -0.493 e. The van der Waals surface area contributed by atoms with Crippen LogP contribution in [0.4, 0.5) is 0 Å². The SMILES string of the molecule is C#CCOc1ccc(CCC(=S)NCc2ccc(COC#C)cc2)cc1OC.O. The normalized spacial score (nSPS) is 9.34. The molecule has 2 aromatic carbocycles. The van der Waals surface area contributed by atoms with E-state index in [9.17, 15) is 0 Å². The topological polar surface area (TPSA) is 71.2 Å². The van der Waals surface area contributed by atoms with Crippen molar-refractivity contribution in [3.63, 3.8) is 0 Å². The van der Waals surface area contributed by atoms with Crippen LogP contribution in [0.1, 0.15) is 23.1 Å². The molecule has 6 heteroatoms. The second kappa shape index (κ2) is 13.1. The van der Waals surface area contributed by atoms with Gasteiger partial charge in [0.25, 0.3) is 0 Å². The van der Waals surface area contributed by atoms with Crippen LogP contribution in [-0.2, 0) is 24.3 Å². The molecular weight excluding hydrogens is 386 g/mol. The third kappa shape index (κ3) is 8.15. The number of aryl methyl sites for hydroxylation is 1. The average molecular weight is 412 g/mol. The van der Waals surface area contributed by atoms with E-state index < -0.39 is 0 Å². The van der Waals surface area contributed by atoms with Gasteiger partial charge in [-0.15, -0.1) is 6.42 Å². The summed E-state index contributed by atoms with van der Waals surface area (Å²) < 4.78 is 15.8. The molecule has 0 heterocycles. The van der Waals surface area contributed by atoms with Gasteiger partial charge in [-0.2, -0.15) is 0 Å². The lowest BCUT2D eigenvalue weighted by molar-refractivity contribution is 0.265. The molecule has 0 atom stereocenters. The van der Waals surface area contributed by atoms with Gasteiger partial charge >= 0.3 is 0 Å². The van der Waals surface area contributed by atoms with Crippen LogP contribution in [0, 0.1) is 24.9 Å². The smallest absolute Gasteiger partial charge is 0.162 e. The number of rotatable bonds is 10. The van der Waals surface area contributed by atoms with Gasteiger partial charge in [0.15, 0.2) is 11.5 Å². The Hall–Kier alpha value is -3.19. The van der Waals surface area contributed by atoms with Gasteiger partial charge in [0.05, 0.1) is 12.1 Å². The molecule has 2 rings (SSSR count). The fourth-order valence-corrected chi connectivity index (χ4v) is 2.71. The number of thiocarbonyl (C=S) groups is 1. The first-order valence-electron chi connectivity index (χ1n) is 8.81. The van der Waals surface area contributed by atoms with Crippen molar-refractivity contribution in [1.82, 2.24) is 5.32 Å². The van der Waals surface area contributed by atoms with Crippen molar-refractivity contribution in [3.8, 4) is 36.4 Å². The molecule has 0 saturated heterocycles. The van der Waals surface area contributed by atoms with Crippen molar-refractivity contribution >= 4 is 17.2 Å². The second-order valence-corrected chi connectivity index (χ2v) is 6.47. The molecule has 2 aromatic rings. The van der Waals surface area contributed by atoms with E-state index in [0.29, 0.717) is 24.7 Å². The average Bonchev–Trinajstić information content (AvgIpc) is 2.74. The number of hydrogen-bond acceptors (Lipinski definition) is 4. The first kappa shape index (κ1) is 23.8. The summed E-state index contributed by atoms with van der Waals surface area (Å²) in [6.07, 6.45) is 14.0. The number of benzene rings is 2. The minimum atomic E-state index is 0. The third-order valence-corrected chi connectivity index (χ3v) is 4.36. The summed E-state index contributed by atoms with van der Waals surface area (Å²) in [6.45, 7) is 1.30. The molecule has 0 radical (unpaired) electrons. The molecule has 29 heavy (non-hydrogen) atoms. The number of terminal acetylenes is 2. The highest BCUT2D eigenvalue weighted by molar-refractivity contribution is 7.80. The van der Waals surface area contributed by atoms with Gasteiger partial charge in [-0.3, -0.25) is 0 Å². The fourth-order valence-electron chi connectivity index (χ4n) is 2.53. The van der Waals surface area contributed by atoms with Crippen LogP contribution in [0.25, 0.3) is 0 Å². The Kier molecular flexibility index (Phi) is 10.7. The van der Waals surface area contributed by atoms with Crippen LogP contribution >= 0.6 is 12.2 Å². The molecule has 0 amide bonds. The molecule has 0 bridgehead atoms. The Morgan fingerprint density at radius 2 is 1.72 bits per heavy atom. The lowest BCUT2D eigenvalue weighted by atomic mass is 10.1. The van der Waals surface area contributed by atoms with Gasteiger partial charge in [-0.1, -0.05) is 54.9 Å². The van der Waals surface area contributed by atoms with Gasteiger partial charge in [0, 0.05) is 13.0 Å². The Labute approximate surface area is 177 Å². The second-order valence-electron chi connectivity index (χ2n) is 5.98. The number of methoxy groups -OCH3 is 1. The largest absolute Gasteiger partial charge is 0.493 e. The highest BCUT2D eigenvalue weighted by Crippen LogP contribution is 2.28. The number of ether oxygens (including phenoxy) is 3. The first-order chi connectivity index (χ1) is 13.7. The van der Waals surface area contributed by atoms with Gasteiger partial charge in [0.2, 0.25) is 0 Å². The van der Waals surface area contributed by atoms with Crippen LogP contribution in [0.3, 0.4) is 0 Å². The quantitative estimate of drug-likeness (QED) is 0.481. The maximum absolute atomic E-state index is 5.46. The van der Waals surface area contributed by atoms with E-state index in [1.54, 1.807) is 7.11 Å². The Morgan fingerprint density at radius 1 is 1.03 bits per heavy atom. The van der Waals surface area contributed by atoms with Crippen molar-refractivity contribution in [2.24, 2.45) is 0 Å². The van der Waals surface area contributed by atoms with E-state index in [2.05, 4.69) is 17.3 Å². The number of hydrogen-bond donors (Lipinski definition) is 1. The Bertz CT molecular complexity index is 866. The van der Waals surface area contributed by atoms with E-state index >= 15 is 0 Å². The molecule has 0 fully saturated rings. The van der Waals surface area contributed by atoms with Gasteiger partial charge in [-0.25, -0.2) is 0 Å². The highest BCUT2D eigenvalue weighted by Gasteiger charge is 2.06. The van der Waals surface area contributed by atoms with E-state index in [-0.39, 0.29) is 12.1 Å². The van der Waals surface area contributed by atoms with Crippen molar-refractivity contribution < 1.29 is 19.7 Å². The Balaban J connectivity index is 0.00000420.